The van der Waals surface area contributed by atoms with Gasteiger partial charge in [0.15, 0.2) is 10.1 Å². The summed E-state index contributed by atoms with van der Waals surface area (Å²) in [5, 5.41) is 2.39. The van der Waals surface area contributed by atoms with E-state index >= 15 is 0 Å². The number of alkyl halides is 3. The number of halogens is 3. The fourth-order valence-electron chi connectivity index (χ4n) is 3.56. The Morgan fingerprint density at radius 3 is 1.31 bits per heavy atom. The van der Waals surface area contributed by atoms with Gasteiger partial charge in [-0.15, -0.1) is 0 Å². The van der Waals surface area contributed by atoms with Crippen LogP contribution in [-0.4, -0.2) is 31.6 Å². The minimum absolute atomic E-state index is 1.09. The van der Waals surface area contributed by atoms with Gasteiger partial charge in [-0.05, 0) is 35.4 Å². The molecule has 0 N–H and O–H groups in total. The zero-order chi connectivity index (χ0) is 25.1. The number of hydrogen-bond acceptors (Lipinski definition) is 4. The third kappa shape index (κ3) is 5.87. The molecule has 1 aliphatic rings. The molecule has 1 aliphatic heterocycles. The average Bonchev–Trinajstić information content (AvgIpc) is 3.69. The van der Waals surface area contributed by atoms with Crippen LogP contribution in [0.4, 0.5) is 13.2 Å². The fraction of sp³-hybridized carbons (Fsp3) is 0.115. The van der Waals surface area contributed by atoms with Crippen molar-refractivity contribution in [3.8, 4) is 33.6 Å². The highest BCUT2D eigenvalue weighted by molar-refractivity contribution is 7.86. The van der Waals surface area contributed by atoms with E-state index in [1.54, 1.807) is 0 Å². The van der Waals surface area contributed by atoms with Gasteiger partial charge in [-0.3, -0.25) is 0 Å². The van der Waals surface area contributed by atoms with E-state index in [0.717, 1.165) is 13.1 Å². The number of pyridine rings is 1. The highest BCUT2D eigenvalue weighted by Gasteiger charge is 2.37. The molecule has 0 unspecified atom stereocenters. The molecule has 1 fully saturated rings. The zero-order valence-corrected chi connectivity index (χ0v) is 19.2. The van der Waals surface area contributed by atoms with Crippen molar-refractivity contribution in [2.75, 3.05) is 18.1 Å². The van der Waals surface area contributed by atoms with E-state index in [9.17, 15) is 13.2 Å². The number of nitrogens with zero attached hydrogens (tertiary/aromatic N) is 2. The summed E-state index contributed by atoms with van der Waals surface area (Å²) >= 11 is 0. The molecule has 0 radical (unpaired) electrons. The van der Waals surface area contributed by atoms with E-state index in [-0.39, 0.29) is 0 Å². The summed E-state index contributed by atoms with van der Waals surface area (Å²) in [5.74, 6) is 0. The van der Waals surface area contributed by atoms with Crippen molar-refractivity contribution in [3.05, 3.63) is 103 Å². The van der Waals surface area contributed by atoms with Gasteiger partial charge in [0, 0.05) is 23.3 Å². The first-order valence-corrected chi connectivity index (χ1v) is 12.1. The molecule has 180 valence electrons. The molecule has 5 rings (SSSR count). The summed E-state index contributed by atoms with van der Waals surface area (Å²) < 4.78 is 61.3. The summed E-state index contributed by atoms with van der Waals surface area (Å²) in [6.07, 6.45) is 0. The summed E-state index contributed by atoms with van der Waals surface area (Å²) in [7, 11) is -6.09. The summed E-state index contributed by atoms with van der Waals surface area (Å²) in [5.41, 5.74) is 1.77. The molecule has 3 aromatic carbocycles. The lowest BCUT2D eigenvalue weighted by molar-refractivity contribution is -0.653. The van der Waals surface area contributed by atoms with Gasteiger partial charge in [0.25, 0.3) is 0 Å². The van der Waals surface area contributed by atoms with Crippen molar-refractivity contribution < 1.29 is 30.8 Å². The predicted octanol–water partition coefficient (Wildman–Crippen LogP) is 4.98. The van der Waals surface area contributed by atoms with Crippen molar-refractivity contribution in [1.82, 2.24) is 0 Å². The lowest BCUT2D eigenvalue weighted by Gasteiger charge is -2.12. The van der Waals surface area contributed by atoms with Crippen LogP contribution in [0.25, 0.3) is 33.6 Å². The van der Waals surface area contributed by atoms with Crippen LogP contribution < -0.4 is 9.69 Å². The van der Waals surface area contributed by atoms with E-state index in [4.69, 9.17) is 13.0 Å². The SMILES string of the molecule is O=S(=O)([O-])C(F)(F)F.c1ccc(-c2cc(-c3ccccc3)[n+](N3CC3)c(-c3ccccc3)c2)cc1. The van der Waals surface area contributed by atoms with E-state index in [1.807, 2.05) is 0 Å². The molecule has 0 saturated carbocycles. The molecule has 9 heteroatoms. The Hall–Kier alpha value is -3.69. The van der Waals surface area contributed by atoms with Crippen LogP contribution in [0.3, 0.4) is 0 Å². The topological polar surface area (TPSA) is 64.1 Å². The van der Waals surface area contributed by atoms with Crippen LogP contribution >= 0.6 is 0 Å². The molecule has 0 bridgehead atoms. The minimum Gasteiger partial charge on any atom is -0.741 e. The van der Waals surface area contributed by atoms with Crippen LogP contribution in [-0.2, 0) is 10.1 Å². The molecule has 35 heavy (non-hydrogen) atoms. The predicted molar refractivity (Wildman–Crippen MR) is 127 cm³/mol. The van der Waals surface area contributed by atoms with Crippen molar-refractivity contribution in [2.45, 2.75) is 5.51 Å². The maximum absolute atomic E-state index is 10.7. The average molecular weight is 499 g/mol. The van der Waals surface area contributed by atoms with Gasteiger partial charge in [0.2, 0.25) is 11.4 Å². The standard InChI is InChI=1S/C25H21N2.CHF3O3S/c1-4-10-20(11-5-1)23-18-24(21-12-6-2-7-13-21)27(26-16-17-26)25(19-23)22-14-8-3-9-15-22;2-1(3,4)8(5,6)7/h1-15,18-19H,16-17H2;(H,5,6,7)/q+1;/p-1. The first kappa shape index (κ1) is 24.4. The smallest absolute Gasteiger partial charge is 0.485 e. The summed E-state index contributed by atoms with van der Waals surface area (Å²) in [6.45, 7) is 2.18. The van der Waals surface area contributed by atoms with Crippen molar-refractivity contribution >= 4 is 10.1 Å². The van der Waals surface area contributed by atoms with Gasteiger partial charge >= 0.3 is 5.51 Å². The Bertz CT molecular complexity index is 1330. The number of benzene rings is 3. The Morgan fingerprint density at radius 1 is 0.657 bits per heavy atom. The molecule has 5 nitrogen and oxygen atoms in total. The van der Waals surface area contributed by atoms with E-state index in [1.165, 1.54) is 33.6 Å². The Morgan fingerprint density at radius 2 is 1.00 bits per heavy atom. The largest absolute Gasteiger partial charge is 0.741 e. The Kier molecular flexibility index (Phi) is 6.90. The van der Waals surface area contributed by atoms with Crippen molar-refractivity contribution in [2.24, 2.45) is 0 Å². The monoisotopic (exact) mass is 498 g/mol. The molecule has 0 amide bonds. The quantitative estimate of drug-likeness (QED) is 0.172. The van der Waals surface area contributed by atoms with Crippen LogP contribution in [0.5, 0.6) is 0 Å². The second-order valence-corrected chi connectivity index (χ2v) is 9.15. The van der Waals surface area contributed by atoms with E-state index < -0.39 is 15.6 Å². The van der Waals surface area contributed by atoms with Gasteiger partial charge in [0.1, 0.15) is 0 Å². The molecule has 1 aromatic heterocycles. The lowest BCUT2D eigenvalue weighted by atomic mass is 10.00. The fourth-order valence-corrected chi connectivity index (χ4v) is 3.56. The van der Waals surface area contributed by atoms with Crippen molar-refractivity contribution in [3.63, 3.8) is 0 Å². The van der Waals surface area contributed by atoms with Gasteiger partial charge < -0.3 is 4.55 Å². The molecule has 4 aromatic rings. The molecule has 2 heterocycles. The minimum atomic E-state index is -6.09. The van der Waals surface area contributed by atoms with Crippen molar-refractivity contribution in [1.29, 1.82) is 0 Å². The maximum Gasteiger partial charge on any atom is 0.485 e. The van der Waals surface area contributed by atoms with Crippen LogP contribution in [0.1, 0.15) is 0 Å². The Balaban J connectivity index is 0.000000314. The zero-order valence-electron chi connectivity index (χ0n) is 18.4. The molecule has 0 spiro atoms. The van der Waals surface area contributed by atoms with E-state index in [0.29, 0.717) is 0 Å². The molecule has 0 atom stereocenters. The lowest BCUT2D eigenvalue weighted by Crippen LogP contribution is -2.49. The second-order valence-electron chi connectivity index (χ2n) is 7.78. The second kappa shape index (κ2) is 9.89. The summed E-state index contributed by atoms with van der Waals surface area (Å²) in [4.78, 5) is 0. The Labute approximate surface area is 201 Å². The van der Waals surface area contributed by atoms with Crippen LogP contribution in [0.15, 0.2) is 103 Å². The number of rotatable bonds is 4. The molecular formula is C26H21F3N2O3S. The van der Waals surface area contributed by atoms with Gasteiger partial charge in [0.05, 0.1) is 13.1 Å². The first-order chi connectivity index (χ1) is 16.6. The molecule has 0 aliphatic carbocycles. The number of aromatic nitrogens is 1. The van der Waals surface area contributed by atoms with Gasteiger partial charge in [-0.2, -0.15) is 18.2 Å². The van der Waals surface area contributed by atoms with Gasteiger partial charge in [-0.1, -0.05) is 71.4 Å². The van der Waals surface area contributed by atoms with E-state index in [2.05, 4.69) is 113 Å². The highest BCUT2D eigenvalue weighted by Crippen LogP contribution is 2.29. The molecule has 1 saturated heterocycles. The summed E-state index contributed by atoms with van der Waals surface area (Å²) in [6, 6.07) is 36.6. The van der Waals surface area contributed by atoms with Gasteiger partial charge in [-0.25, -0.2) is 8.42 Å². The first-order valence-electron chi connectivity index (χ1n) is 10.7. The molecular weight excluding hydrogens is 477 g/mol. The third-order valence-electron chi connectivity index (χ3n) is 5.28. The van der Waals surface area contributed by atoms with Crippen LogP contribution in [0, 0.1) is 0 Å². The normalized spacial score (nSPS) is 13.1. The maximum atomic E-state index is 10.7. The third-order valence-corrected chi connectivity index (χ3v) is 5.84. The number of hydrogen-bond donors (Lipinski definition) is 0. The van der Waals surface area contributed by atoms with Crippen LogP contribution in [0.2, 0.25) is 0 Å². The highest BCUT2D eigenvalue weighted by atomic mass is 32.2.